The Morgan fingerprint density at radius 3 is 2.48 bits per heavy atom. The molecule has 8 heteroatoms. The Labute approximate surface area is 132 Å². The SMILES string of the molecule is CCNC(=O)[C@H](C)OC(=O)c1ccc(OC(F)F)c(OCC)c1. The van der Waals surface area contributed by atoms with Crippen molar-refractivity contribution in [1.29, 1.82) is 0 Å². The molecule has 0 aliphatic heterocycles. The van der Waals surface area contributed by atoms with Gasteiger partial charge in [-0.25, -0.2) is 4.79 Å². The van der Waals surface area contributed by atoms with E-state index in [9.17, 15) is 18.4 Å². The van der Waals surface area contributed by atoms with Gasteiger partial charge in [0, 0.05) is 6.54 Å². The van der Waals surface area contributed by atoms with E-state index in [4.69, 9.17) is 9.47 Å². The van der Waals surface area contributed by atoms with Crippen molar-refractivity contribution in [3.8, 4) is 11.5 Å². The molecule has 1 N–H and O–H groups in total. The van der Waals surface area contributed by atoms with E-state index in [0.717, 1.165) is 0 Å². The Kier molecular flexibility index (Phi) is 7.24. The zero-order valence-corrected chi connectivity index (χ0v) is 13.1. The number of benzene rings is 1. The quantitative estimate of drug-likeness (QED) is 0.740. The molecule has 128 valence electrons. The lowest BCUT2D eigenvalue weighted by Crippen LogP contribution is -2.35. The van der Waals surface area contributed by atoms with Crippen LogP contribution in [0.15, 0.2) is 18.2 Å². The topological polar surface area (TPSA) is 73.9 Å². The van der Waals surface area contributed by atoms with Crippen molar-refractivity contribution < 1.29 is 32.6 Å². The number of halogens is 2. The summed E-state index contributed by atoms with van der Waals surface area (Å²) in [7, 11) is 0. The summed E-state index contributed by atoms with van der Waals surface area (Å²) in [6.07, 6.45) is -0.977. The van der Waals surface area contributed by atoms with Gasteiger partial charge in [0.25, 0.3) is 5.91 Å². The Morgan fingerprint density at radius 2 is 1.91 bits per heavy atom. The number of amides is 1. The number of esters is 1. The maximum absolute atomic E-state index is 12.3. The maximum atomic E-state index is 12.3. The van der Waals surface area contributed by atoms with Crippen molar-refractivity contribution in [2.75, 3.05) is 13.2 Å². The molecule has 0 bridgehead atoms. The van der Waals surface area contributed by atoms with Crippen LogP contribution in [0, 0.1) is 0 Å². The number of nitrogens with one attached hydrogen (secondary N) is 1. The van der Waals surface area contributed by atoms with Gasteiger partial charge in [-0.05, 0) is 39.0 Å². The van der Waals surface area contributed by atoms with Gasteiger partial charge >= 0.3 is 12.6 Å². The molecule has 6 nitrogen and oxygen atoms in total. The molecule has 0 spiro atoms. The van der Waals surface area contributed by atoms with Gasteiger partial charge < -0.3 is 19.5 Å². The minimum Gasteiger partial charge on any atom is -0.490 e. The van der Waals surface area contributed by atoms with Gasteiger partial charge in [0.2, 0.25) is 0 Å². The van der Waals surface area contributed by atoms with Crippen LogP contribution in [0.2, 0.25) is 0 Å². The third-order valence-corrected chi connectivity index (χ3v) is 2.70. The van der Waals surface area contributed by atoms with Crippen LogP contribution in [0.5, 0.6) is 11.5 Å². The predicted molar refractivity (Wildman–Crippen MR) is 77.8 cm³/mol. The third-order valence-electron chi connectivity index (χ3n) is 2.70. The van der Waals surface area contributed by atoms with Gasteiger partial charge in [-0.15, -0.1) is 0 Å². The van der Waals surface area contributed by atoms with Gasteiger partial charge in [0.05, 0.1) is 12.2 Å². The largest absolute Gasteiger partial charge is 0.490 e. The first-order valence-corrected chi connectivity index (χ1v) is 7.09. The molecule has 1 rings (SSSR count). The minimum absolute atomic E-state index is 0.00656. The van der Waals surface area contributed by atoms with E-state index in [1.165, 1.54) is 25.1 Å². The molecule has 0 unspecified atom stereocenters. The van der Waals surface area contributed by atoms with E-state index in [0.29, 0.717) is 6.54 Å². The fourth-order valence-electron chi connectivity index (χ4n) is 1.70. The molecule has 1 atom stereocenters. The van der Waals surface area contributed by atoms with E-state index in [-0.39, 0.29) is 23.7 Å². The lowest BCUT2D eigenvalue weighted by atomic mass is 10.2. The van der Waals surface area contributed by atoms with E-state index in [1.807, 2.05) is 0 Å². The molecule has 1 aromatic rings. The molecule has 1 amide bonds. The van der Waals surface area contributed by atoms with E-state index in [1.54, 1.807) is 13.8 Å². The standard InChI is InChI=1S/C15H19F2NO5/c1-4-18-13(19)9(3)22-14(20)10-6-7-11(23-15(16)17)12(8-10)21-5-2/h6-9,15H,4-5H2,1-3H3,(H,18,19)/t9-/m0/s1. The highest BCUT2D eigenvalue weighted by Crippen LogP contribution is 2.30. The van der Waals surface area contributed by atoms with Gasteiger partial charge in [-0.1, -0.05) is 0 Å². The normalized spacial score (nSPS) is 11.7. The molecular formula is C15H19F2NO5. The van der Waals surface area contributed by atoms with E-state index < -0.39 is 24.6 Å². The first-order valence-electron chi connectivity index (χ1n) is 7.09. The van der Waals surface area contributed by atoms with Crippen LogP contribution in [0.3, 0.4) is 0 Å². The molecule has 23 heavy (non-hydrogen) atoms. The number of hydrogen-bond donors (Lipinski definition) is 1. The Morgan fingerprint density at radius 1 is 1.22 bits per heavy atom. The third kappa shape index (κ3) is 5.72. The van der Waals surface area contributed by atoms with Gasteiger partial charge in [-0.3, -0.25) is 4.79 Å². The zero-order valence-electron chi connectivity index (χ0n) is 13.1. The van der Waals surface area contributed by atoms with Gasteiger partial charge in [-0.2, -0.15) is 8.78 Å². The van der Waals surface area contributed by atoms with Crippen LogP contribution >= 0.6 is 0 Å². The molecule has 0 radical (unpaired) electrons. The highest BCUT2D eigenvalue weighted by molar-refractivity contribution is 5.92. The fourth-order valence-corrected chi connectivity index (χ4v) is 1.70. The molecule has 0 heterocycles. The first kappa shape index (κ1) is 18.7. The monoisotopic (exact) mass is 331 g/mol. The summed E-state index contributed by atoms with van der Waals surface area (Å²) in [5.74, 6) is -1.39. The molecule has 0 saturated carbocycles. The Balaban J connectivity index is 2.88. The summed E-state index contributed by atoms with van der Waals surface area (Å²) < 4.78 is 39.1. The fraction of sp³-hybridized carbons (Fsp3) is 0.467. The van der Waals surface area contributed by atoms with Gasteiger partial charge in [0.1, 0.15) is 0 Å². The number of carbonyl (C=O) groups excluding carboxylic acids is 2. The van der Waals surface area contributed by atoms with E-state index >= 15 is 0 Å². The highest BCUT2D eigenvalue weighted by atomic mass is 19.3. The van der Waals surface area contributed by atoms with Gasteiger partial charge in [0.15, 0.2) is 17.6 Å². The van der Waals surface area contributed by atoms with Crippen LogP contribution in [-0.2, 0) is 9.53 Å². The summed E-state index contributed by atoms with van der Waals surface area (Å²) in [5.41, 5.74) is 0.0613. The Hall–Kier alpha value is -2.38. The van der Waals surface area contributed by atoms with Crippen molar-refractivity contribution in [2.24, 2.45) is 0 Å². The molecule has 0 aliphatic carbocycles. The number of hydrogen-bond acceptors (Lipinski definition) is 5. The summed E-state index contributed by atoms with van der Waals surface area (Å²) in [6.45, 7) is 2.43. The Bertz CT molecular complexity index is 551. The van der Waals surface area contributed by atoms with Crippen LogP contribution in [-0.4, -0.2) is 37.7 Å². The lowest BCUT2D eigenvalue weighted by Gasteiger charge is -2.15. The highest BCUT2D eigenvalue weighted by Gasteiger charge is 2.20. The number of carbonyl (C=O) groups is 2. The smallest absolute Gasteiger partial charge is 0.387 e. The molecule has 0 fully saturated rings. The molecule has 0 saturated heterocycles. The van der Waals surface area contributed by atoms with Crippen LogP contribution in [0.25, 0.3) is 0 Å². The van der Waals surface area contributed by atoms with Crippen LogP contribution < -0.4 is 14.8 Å². The second kappa shape index (κ2) is 8.92. The summed E-state index contributed by atoms with van der Waals surface area (Å²) >= 11 is 0. The second-order valence-electron chi connectivity index (χ2n) is 4.42. The number of alkyl halides is 2. The molecule has 0 aliphatic rings. The lowest BCUT2D eigenvalue weighted by molar-refractivity contribution is -0.128. The summed E-state index contributed by atoms with van der Waals surface area (Å²) in [6, 6.07) is 3.67. The van der Waals surface area contributed by atoms with Crippen molar-refractivity contribution in [1.82, 2.24) is 5.32 Å². The first-order chi connectivity index (χ1) is 10.9. The average molecular weight is 331 g/mol. The number of likely N-dealkylation sites (N-methyl/N-ethyl adjacent to an activating group) is 1. The zero-order chi connectivity index (χ0) is 17.4. The number of rotatable bonds is 8. The maximum Gasteiger partial charge on any atom is 0.387 e. The van der Waals surface area contributed by atoms with Crippen molar-refractivity contribution in [3.63, 3.8) is 0 Å². The number of ether oxygens (including phenoxy) is 3. The van der Waals surface area contributed by atoms with Crippen molar-refractivity contribution in [2.45, 2.75) is 33.5 Å². The molecule has 1 aromatic carbocycles. The summed E-state index contributed by atoms with van der Waals surface area (Å²) in [4.78, 5) is 23.5. The van der Waals surface area contributed by atoms with Crippen LogP contribution in [0.1, 0.15) is 31.1 Å². The second-order valence-corrected chi connectivity index (χ2v) is 4.42. The summed E-state index contributed by atoms with van der Waals surface area (Å²) in [5, 5.41) is 2.52. The molecule has 0 aromatic heterocycles. The average Bonchev–Trinajstić information content (AvgIpc) is 2.48. The minimum atomic E-state index is -3.01. The molecular weight excluding hydrogens is 312 g/mol. The van der Waals surface area contributed by atoms with Crippen molar-refractivity contribution in [3.05, 3.63) is 23.8 Å². The van der Waals surface area contributed by atoms with Crippen molar-refractivity contribution >= 4 is 11.9 Å². The predicted octanol–water partition coefficient (Wildman–Crippen LogP) is 2.37. The van der Waals surface area contributed by atoms with Crippen LogP contribution in [0.4, 0.5) is 8.78 Å². The van der Waals surface area contributed by atoms with E-state index in [2.05, 4.69) is 10.1 Å².